The van der Waals surface area contributed by atoms with Gasteiger partial charge in [0.25, 0.3) is 0 Å². The van der Waals surface area contributed by atoms with Gasteiger partial charge in [-0.2, -0.15) is 0 Å². The maximum atomic E-state index is 5.59. The molecule has 0 spiro atoms. The summed E-state index contributed by atoms with van der Waals surface area (Å²) in [5.74, 6) is 1.84. The lowest BCUT2D eigenvalue weighted by atomic mass is 9.96. The van der Waals surface area contributed by atoms with E-state index in [4.69, 9.17) is 9.47 Å². The zero-order valence-corrected chi connectivity index (χ0v) is 11.1. The molecule has 0 amide bonds. The van der Waals surface area contributed by atoms with Crippen molar-refractivity contribution in [2.24, 2.45) is 0 Å². The molecule has 0 heterocycles. The van der Waals surface area contributed by atoms with Crippen molar-refractivity contribution in [2.45, 2.75) is 13.3 Å². The molecule has 2 heteroatoms. The van der Waals surface area contributed by atoms with E-state index in [1.165, 1.54) is 0 Å². The molecule has 0 aromatic heterocycles. The van der Waals surface area contributed by atoms with Crippen LogP contribution in [0.1, 0.15) is 11.1 Å². The Labute approximate surface area is 108 Å². The Morgan fingerprint density at radius 2 is 1.61 bits per heavy atom. The van der Waals surface area contributed by atoms with Gasteiger partial charge in [-0.15, -0.1) is 6.58 Å². The lowest BCUT2D eigenvalue weighted by Crippen LogP contribution is -1.99. The summed E-state index contributed by atoms with van der Waals surface area (Å²) in [6.45, 7) is 5.87. The van der Waals surface area contributed by atoms with Crippen LogP contribution < -0.4 is 9.47 Å². The molecule has 94 valence electrons. The number of hydrogen-bond acceptors (Lipinski definition) is 2. The predicted octanol–water partition coefficient (Wildman–Crippen LogP) is 3.89. The Bertz CT molecular complexity index is 585. The minimum atomic E-state index is 0.774. The van der Waals surface area contributed by atoms with Crippen molar-refractivity contribution >= 4 is 10.8 Å². The average Bonchev–Trinajstić information content (AvgIpc) is 2.40. The third kappa shape index (κ3) is 1.84. The largest absolute Gasteiger partial charge is 0.496 e. The molecule has 0 saturated carbocycles. The Morgan fingerprint density at radius 1 is 1.06 bits per heavy atom. The van der Waals surface area contributed by atoms with Crippen LogP contribution in [-0.4, -0.2) is 14.2 Å². The van der Waals surface area contributed by atoms with Crippen molar-refractivity contribution in [3.05, 3.63) is 48.0 Å². The van der Waals surface area contributed by atoms with Crippen LogP contribution in [0.4, 0.5) is 0 Å². The van der Waals surface area contributed by atoms with Crippen molar-refractivity contribution in [3.8, 4) is 11.5 Å². The van der Waals surface area contributed by atoms with Crippen molar-refractivity contribution in [1.82, 2.24) is 0 Å². The van der Waals surface area contributed by atoms with E-state index in [1.54, 1.807) is 14.2 Å². The molecule has 0 aliphatic carbocycles. The number of rotatable bonds is 4. The smallest absolute Gasteiger partial charge is 0.130 e. The highest BCUT2D eigenvalue weighted by Gasteiger charge is 2.16. The van der Waals surface area contributed by atoms with E-state index in [9.17, 15) is 0 Å². The molecule has 0 atom stereocenters. The predicted molar refractivity (Wildman–Crippen MR) is 75.7 cm³/mol. The SMILES string of the molecule is C=CCc1c(C)c(OC)c2ccccc2c1OC. The van der Waals surface area contributed by atoms with Gasteiger partial charge in [0.15, 0.2) is 0 Å². The van der Waals surface area contributed by atoms with E-state index < -0.39 is 0 Å². The topological polar surface area (TPSA) is 18.5 Å². The molecule has 18 heavy (non-hydrogen) atoms. The molecule has 2 aromatic carbocycles. The molecule has 0 unspecified atom stereocenters. The van der Waals surface area contributed by atoms with Gasteiger partial charge in [-0.25, -0.2) is 0 Å². The number of methoxy groups -OCH3 is 2. The summed E-state index contributed by atoms with van der Waals surface area (Å²) in [4.78, 5) is 0. The first-order valence-electron chi connectivity index (χ1n) is 5.97. The first-order chi connectivity index (χ1) is 8.74. The molecule has 0 saturated heterocycles. The second-order valence-corrected chi connectivity index (χ2v) is 4.21. The number of ether oxygens (including phenoxy) is 2. The number of hydrogen-bond donors (Lipinski definition) is 0. The summed E-state index contributed by atoms with van der Waals surface area (Å²) in [5, 5.41) is 2.17. The first-order valence-corrected chi connectivity index (χ1v) is 5.97. The highest BCUT2D eigenvalue weighted by Crippen LogP contribution is 2.40. The summed E-state index contributed by atoms with van der Waals surface area (Å²) < 4.78 is 11.1. The molecular formula is C16H18O2. The zero-order valence-electron chi connectivity index (χ0n) is 11.1. The Morgan fingerprint density at radius 3 is 2.11 bits per heavy atom. The van der Waals surface area contributed by atoms with E-state index in [-0.39, 0.29) is 0 Å². The lowest BCUT2D eigenvalue weighted by Gasteiger charge is -2.18. The van der Waals surface area contributed by atoms with Gasteiger partial charge in [0.05, 0.1) is 14.2 Å². The third-order valence-electron chi connectivity index (χ3n) is 3.24. The van der Waals surface area contributed by atoms with Crippen molar-refractivity contribution in [2.75, 3.05) is 14.2 Å². The highest BCUT2D eigenvalue weighted by molar-refractivity contribution is 5.96. The van der Waals surface area contributed by atoms with E-state index in [0.717, 1.165) is 39.8 Å². The fourth-order valence-electron chi connectivity index (χ4n) is 2.44. The molecule has 2 aromatic rings. The van der Waals surface area contributed by atoms with Crippen LogP contribution in [0.3, 0.4) is 0 Å². The second-order valence-electron chi connectivity index (χ2n) is 4.21. The van der Waals surface area contributed by atoms with Gasteiger partial charge in [-0.05, 0) is 18.9 Å². The monoisotopic (exact) mass is 242 g/mol. The summed E-state index contributed by atoms with van der Waals surface area (Å²) in [6, 6.07) is 8.14. The molecule has 0 bridgehead atoms. The van der Waals surface area contributed by atoms with Crippen LogP contribution in [0.15, 0.2) is 36.9 Å². The quantitative estimate of drug-likeness (QED) is 0.757. The molecule has 2 rings (SSSR count). The molecule has 0 radical (unpaired) electrons. The molecule has 0 aliphatic heterocycles. The average molecular weight is 242 g/mol. The molecule has 2 nitrogen and oxygen atoms in total. The first kappa shape index (κ1) is 12.5. The fourth-order valence-corrected chi connectivity index (χ4v) is 2.44. The van der Waals surface area contributed by atoms with Gasteiger partial charge in [-0.1, -0.05) is 30.3 Å². The molecule has 0 aliphatic rings. The summed E-state index contributed by atoms with van der Waals surface area (Å²) in [7, 11) is 3.42. The normalized spacial score (nSPS) is 10.4. The summed E-state index contributed by atoms with van der Waals surface area (Å²) in [5.41, 5.74) is 2.26. The van der Waals surface area contributed by atoms with Gasteiger partial charge < -0.3 is 9.47 Å². The minimum Gasteiger partial charge on any atom is -0.496 e. The van der Waals surface area contributed by atoms with Crippen molar-refractivity contribution < 1.29 is 9.47 Å². The molecule has 0 N–H and O–H groups in total. The third-order valence-corrected chi connectivity index (χ3v) is 3.24. The van der Waals surface area contributed by atoms with Gasteiger partial charge >= 0.3 is 0 Å². The second kappa shape index (κ2) is 5.13. The van der Waals surface area contributed by atoms with Crippen LogP contribution in [0.5, 0.6) is 11.5 Å². The number of benzene rings is 2. The van der Waals surface area contributed by atoms with Gasteiger partial charge in [0, 0.05) is 16.3 Å². The Kier molecular flexibility index (Phi) is 3.56. The lowest BCUT2D eigenvalue weighted by molar-refractivity contribution is 0.404. The van der Waals surface area contributed by atoms with Crippen molar-refractivity contribution in [1.29, 1.82) is 0 Å². The Balaban J connectivity index is 2.90. The molecule has 0 fully saturated rings. The van der Waals surface area contributed by atoms with E-state index in [1.807, 2.05) is 18.2 Å². The standard InChI is InChI=1S/C16H18O2/c1-5-8-12-11(2)15(17-3)13-9-6-7-10-14(13)16(12)18-4/h5-7,9-10H,1,8H2,2-4H3. The van der Waals surface area contributed by atoms with Gasteiger partial charge in [0.2, 0.25) is 0 Å². The van der Waals surface area contributed by atoms with Gasteiger partial charge in [-0.3, -0.25) is 0 Å². The summed E-state index contributed by atoms with van der Waals surface area (Å²) >= 11 is 0. The fraction of sp³-hybridized carbons (Fsp3) is 0.250. The van der Waals surface area contributed by atoms with Crippen LogP contribution in [0.2, 0.25) is 0 Å². The number of fused-ring (bicyclic) bond motifs is 1. The Hall–Kier alpha value is -1.96. The van der Waals surface area contributed by atoms with E-state index in [2.05, 4.69) is 25.6 Å². The van der Waals surface area contributed by atoms with Crippen LogP contribution in [-0.2, 0) is 6.42 Å². The molecular weight excluding hydrogens is 224 g/mol. The maximum Gasteiger partial charge on any atom is 0.130 e. The minimum absolute atomic E-state index is 0.774. The maximum absolute atomic E-state index is 5.59. The van der Waals surface area contributed by atoms with Gasteiger partial charge in [0.1, 0.15) is 11.5 Å². The van der Waals surface area contributed by atoms with Crippen LogP contribution in [0.25, 0.3) is 10.8 Å². The van der Waals surface area contributed by atoms with Crippen molar-refractivity contribution in [3.63, 3.8) is 0 Å². The van der Waals surface area contributed by atoms with E-state index >= 15 is 0 Å². The highest BCUT2D eigenvalue weighted by atomic mass is 16.5. The number of allylic oxidation sites excluding steroid dienone is 1. The van der Waals surface area contributed by atoms with Crippen LogP contribution in [0, 0.1) is 6.92 Å². The summed E-state index contributed by atoms with van der Waals surface area (Å²) in [6.07, 6.45) is 2.66. The van der Waals surface area contributed by atoms with Crippen LogP contribution >= 0.6 is 0 Å². The zero-order chi connectivity index (χ0) is 13.1. The van der Waals surface area contributed by atoms with E-state index in [0.29, 0.717) is 0 Å².